The topological polar surface area (TPSA) is 74.8 Å². The Hall–Kier alpha value is -2.65. The number of methoxy groups -OCH3 is 1. The minimum atomic E-state index is -0.461. The fraction of sp³-hybridized carbons (Fsp3) is 0.500. The lowest BCUT2D eigenvalue weighted by Gasteiger charge is -2.32. The summed E-state index contributed by atoms with van der Waals surface area (Å²) in [6, 6.07) is 6.55. The largest absolute Gasteiger partial charge is 0.492 e. The predicted octanol–water partition coefficient (Wildman–Crippen LogP) is 1.75. The van der Waals surface area contributed by atoms with Crippen molar-refractivity contribution in [3.63, 3.8) is 0 Å². The van der Waals surface area contributed by atoms with Gasteiger partial charge in [-0.25, -0.2) is 14.4 Å². The standard InChI is InChI=1S/C20H25FN6O2/c1-28-17-11-23-18(9-16(17)21)24-19-7-14(27-12-13-6-15(27)10-22-13)8-20(25-19)26-2-4-29-5-3-26/h7-9,11,13,15,22H,2-6,10,12H2,1H3,(H,23,24,25). The maximum Gasteiger partial charge on any atom is 0.172 e. The second-order valence-corrected chi connectivity index (χ2v) is 7.64. The van der Waals surface area contributed by atoms with E-state index in [0.717, 1.165) is 37.7 Å². The molecule has 0 amide bonds. The van der Waals surface area contributed by atoms with Crippen LogP contribution in [0.2, 0.25) is 0 Å². The van der Waals surface area contributed by atoms with Crippen molar-refractivity contribution in [2.24, 2.45) is 0 Å². The molecular formula is C20H25FN6O2. The lowest BCUT2D eigenvalue weighted by Crippen LogP contribution is -2.43. The fourth-order valence-electron chi connectivity index (χ4n) is 4.33. The van der Waals surface area contributed by atoms with Crippen LogP contribution in [0.15, 0.2) is 24.4 Å². The smallest absolute Gasteiger partial charge is 0.172 e. The summed E-state index contributed by atoms with van der Waals surface area (Å²) in [6.07, 6.45) is 2.54. The second-order valence-electron chi connectivity index (χ2n) is 7.64. The molecule has 0 aliphatic carbocycles. The molecule has 3 aliphatic rings. The van der Waals surface area contributed by atoms with E-state index in [-0.39, 0.29) is 5.75 Å². The summed E-state index contributed by atoms with van der Waals surface area (Å²) >= 11 is 0. The Morgan fingerprint density at radius 2 is 2.10 bits per heavy atom. The van der Waals surface area contributed by atoms with Crippen LogP contribution in [0.25, 0.3) is 0 Å². The number of rotatable bonds is 5. The Balaban J connectivity index is 1.46. The van der Waals surface area contributed by atoms with Gasteiger partial charge in [0.2, 0.25) is 0 Å². The summed E-state index contributed by atoms with van der Waals surface area (Å²) in [5.41, 5.74) is 1.13. The van der Waals surface area contributed by atoms with Crippen molar-refractivity contribution in [2.45, 2.75) is 18.5 Å². The van der Waals surface area contributed by atoms with Crippen molar-refractivity contribution < 1.29 is 13.9 Å². The zero-order chi connectivity index (χ0) is 19.8. The van der Waals surface area contributed by atoms with Gasteiger partial charge in [-0.2, -0.15) is 0 Å². The SMILES string of the molecule is COc1cnc(Nc2cc(N3CC4CC3CN4)cc(N3CCOCC3)n2)cc1F. The van der Waals surface area contributed by atoms with Crippen LogP contribution in [0.4, 0.5) is 27.5 Å². The monoisotopic (exact) mass is 400 g/mol. The van der Waals surface area contributed by atoms with Gasteiger partial charge in [0, 0.05) is 62.1 Å². The zero-order valence-electron chi connectivity index (χ0n) is 16.4. The van der Waals surface area contributed by atoms with Crippen LogP contribution in [-0.4, -0.2) is 68.6 Å². The number of halogens is 1. The van der Waals surface area contributed by atoms with Gasteiger partial charge in [0.1, 0.15) is 17.5 Å². The van der Waals surface area contributed by atoms with Gasteiger partial charge < -0.3 is 29.9 Å². The van der Waals surface area contributed by atoms with Crippen LogP contribution in [0.5, 0.6) is 5.75 Å². The molecule has 0 saturated carbocycles. The first-order valence-corrected chi connectivity index (χ1v) is 10.0. The van der Waals surface area contributed by atoms with Crippen molar-refractivity contribution >= 4 is 23.1 Å². The summed E-state index contributed by atoms with van der Waals surface area (Å²) in [5.74, 6) is 1.60. The van der Waals surface area contributed by atoms with Crippen LogP contribution in [0.3, 0.4) is 0 Å². The van der Waals surface area contributed by atoms with E-state index >= 15 is 0 Å². The maximum absolute atomic E-state index is 14.1. The Kier molecular flexibility index (Phi) is 4.84. The van der Waals surface area contributed by atoms with Crippen molar-refractivity contribution in [1.29, 1.82) is 0 Å². The number of ether oxygens (including phenoxy) is 2. The van der Waals surface area contributed by atoms with Crippen molar-refractivity contribution in [1.82, 2.24) is 15.3 Å². The van der Waals surface area contributed by atoms with Crippen molar-refractivity contribution in [3.05, 3.63) is 30.2 Å². The average Bonchev–Trinajstić information content (AvgIpc) is 3.38. The summed E-state index contributed by atoms with van der Waals surface area (Å²) in [6.45, 7) is 4.99. The molecule has 3 saturated heterocycles. The first-order valence-electron chi connectivity index (χ1n) is 10.0. The molecule has 2 unspecified atom stereocenters. The minimum Gasteiger partial charge on any atom is -0.492 e. The molecule has 5 rings (SSSR count). The third-order valence-corrected chi connectivity index (χ3v) is 5.82. The fourth-order valence-corrected chi connectivity index (χ4v) is 4.33. The van der Waals surface area contributed by atoms with Gasteiger partial charge in [-0.3, -0.25) is 0 Å². The number of pyridine rings is 2. The van der Waals surface area contributed by atoms with Crippen LogP contribution in [0.1, 0.15) is 6.42 Å². The molecule has 29 heavy (non-hydrogen) atoms. The van der Waals surface area contributed by atoms with Gasteiger partial charge in [0.05, 0.1) is 26.5 Å². The third-order valence-electron chi connectivity index (χ3n) is 5.82. The lowest BCUT2D eigenvalue weighted by molar-refractivity contribution is 0.122. The van der Waals surface area contributed by atoms with Gasteiger partial charge in [-0.1, -0.05) is 0 Å². The third kappa shape index (κ3) is 3.67. The van der Waals surface area contributed by atoms with Crippen LogP contribution in [0, 0.1) is 5.82 Å². The summed E-state index contributed by atoms with van der Waals surface area (Å²) in [5, 5.41) is 6.71. The molecule has 2 atom stereocenters. The molecule has 0 spiro atoms. The Bertz CT molecular complexity index is 891. The number of fused-ring (bicyclic) bond motifs is 2. The predicted molar refractivity (Wildman–Crippen MR) is 109 cm³/mol. The quantitative estimate of drug-likeness (QED) is 0.787. The van der Waals surface area contributed by atoms with Crippen molar-refractivity contribution in [3.8, 4) is 5.75 Å². The van der Waals surface area contributed by atoms with E-state index in [1.54, 1.807) is 0 Å². The zero-order valence-corrected chi connectivity index (χ0v) is 16.4. The number of anilines is 4. The van der Waals surface area contributed by atoms with E-state index in [1.165, 1.54) is 25.8 Å². The molecule has 0 aromatic carbocycles. The van der Waals surface area contributed by atoms with Crippen LogP contribution in [-0.2, 0) is 4.74 Å². The molecule has 2 N–H and O–H groups in total. The molecule has 8 nitrogen and oxygen atoms in total. The van der Waals surface area contributed by atoms with E-state index < -0.39 is 5.82 Å². The first kappa shape index (κ1) is 18.4. The van der Waals surface area contributed by atoms with E-state index in [0.29, 0.717) is 36.9 Å². The van der Waals surface area contributed by atoms with Crippen LogP contribution >= 0.6 is 0 Å². The van der Waals surface area contributed by atoms with Gasteiger partial charge in [0.25, 0.3) is 0 Å². The van der Waals surface area contributed by atoms with E-state index in [2.05, 4.69) is 31.5 Å². The van der Waals surface area contributed by atoms with Crippen molar-refractivity contribution in [2.75, 3.05) is 61.6 Å². The van der Waals surface area contributed by atoms with E-state index in [1.807, 2.05) is 6.07 Å². The molecule has 2 aromatic heterocycles. The summed E-state index contributed by atoms with van der Waals surface area (Å²) < 4.78 is 24.5. The minimum absolute atomic E-state index is 0.117. The number of aromatic nitrogens is 2. The van der Waals surface area contributed by atoms with E-state index in [9.17, 15) is 4.39 Å². The lowest BCUT2D eigenvalue weighted by atomic mass is 10.2. The average molecular weight is 400 g/mol. The number of hydrogen-bond acceptors (Lipinski definition) is 8. The van der Waals surface area contributed by atoms with Gasteiger partial charge in [-0.05, 0) is 6.42 Å². The number of hydrogen-bond donors (Lipinski definition) is 2. The molecule has 3 fully saturated rings. The molecule has 5 heterocycles. The highest BCUT2D eigenvalue weighted by Crippen LogP contribution is 2.34. The highest BCUT2D eigenvalue weighted by atomic mass is 19.1. The number of morpholine rings is 1. The highest BCUT2D eigenvalue weighted by molar-refractivity contribution is 5.66. The number of piperazine rings is 1. The highest BCUT2D eigenvalue weighted by Gasteiger charge is 2.38. The summed E-state index contributed by atoms with van der Waals surface area (Å²) in [4.78, 5) is 13.7. The van der Waals surface area contributed by atoms with Gasteiger partial charge in [0.15, 0.2) is 11.6 Å². The Labute approximate surface area is 169 Å². The number of nitrogens with zero attached hydrogens (tertiary/aromatic N) is 4. The van der Waals surface area contributed by atoms with Gasteiger partial charge in [-0.15, -0.1) is 0 Å². The summed E-state index contributed by atoms with van der Waals surface area (Å²) in [7, 11) is 1.42. The molecule has 9 heteroatoms. The molecular weight excluding hydrogens is 375 g/mol. The molecule has 2 bridgehead atoms. The van der Waals surface area contributed by atoms with E-state index in [4.69, 9.17) is 14.5 Å². The molecule has 2 aromatic rings. The Morgan fingerprint density at radius 1 is 1.24 bits per heavy atom. The van der Waals surface area contributed by atoms with Gasteiger partial charge >= 0.3 is 0 Å². The molecule has 154 valence electrons. The number of nitrogens with one attached hydrogen (secondary N) is 2. The maximum atomic E-state index is 14.1. The molecule has 3 aliphatic heterocycles. The van der Waals surface area contributed by atoms with Crippen LogP contribution < -0.4 is 25.2 Å². The molecule has 0 radical (unpaired) electrons. The second kappa shape index (κ2) is 7.64. The normalized spacial score (nSPS) is 23.5. The first-order chi connectivity index (χ1) is 14.2. The Morgan fingerprint density at radius 3 is 2.79 bits per heavy atom.